The summed E-state index contributed by atoms with van der Waals surface area (Å²) in [6.45, 7) is 1.61. The van der Waals surface area contributed by atoms with Crippen LogP contribution in [-0.4, -0.2) is 17.4 Å². The van der Waals surface area contributed by atoms with Gasteiger partial charge in [0.2, 0.25) is 0 Å². The predicted octanol–water partition coefficient (Wildman–Crippen LogP) is 6.40. The highest BCUT2D eigenvalue weighted by molar-refractivity contribution is 9.10. The van der Waals surface area contributed by atoms with Crippen molar-refractivity contribution in [1.29, 1.82) is 5.26 Å². The standard InChI is InChI=1S/C24H17BrClN3O4/c1-15-2-6-20(12-22(15)26)28-24(30)14-33-23-9-5-19(25)11-17(23)10-18(13-27)16-3-7-21(8-4-16)29(31)32/h2-12H,14H2,1H3,(H,28,30)/b18-10+. The number of aryl methyl sites for hydroxylation is 1. The van der Waals surface area contributed by atoms with Crippen molar-refractivity contribution in [2.45, 2.75) is 6.92 Å². The smallest absolute Gasteiger partial charge is 0.269 e. The molecule has 0 heterocycles. The Bertz CT molecular complexity index is 1280. The van der Waals surface area contributed by atoms with Crippen LogP contribution in [0.5, 0.6) is 5.75 Å². The van der Waals surface area contributed by atoms with Gasteiger partial charge >= 0.3 is 0 Å². The number of allylic oxidation sites excluding steroid dienone is 1. The Morgan fingerprint density at radius 1 is 1.21 bits per heavy atom. The highest BCUT2D eigenvalue weighted by Crippen LogP contribution is 2.29. The van der Waals surface area contributed by atoms with E-state index in [-0.39, 0.29) is 23.8 Å². The Labute approximate surface area is 203 Å². The maximum atomic E-state index is 12.3. The molecular weight excluding hydrogens is 510 g/mol. The Morgan fingerprint density at radius 2 is 1.94 bits per heavy atom. The van der Waals surface area contributed by atoms with Crippen molar-refractivity contribution in [3.8, 4) is 11.8 Å². The van der Waals surface area contributed by atoms with Crippen LogP contribution in [0.1, 0.15) is 16.7 Å². The van der Waals surface area contributed by atoms with E-state index in [1.807, 2.05) is 6.92 Å². The number of nitro groups is 1. The fraction of sp³-hybridized carbons (Fsp3) is 0.0833. The number of hydrogen-bond donors (Lipinski definition) is 1. The summed E-state index contributed by atoms with van der Waals surface area (Å²) in [5, 5.41) is 23.8. The van der Waals surface area contributed by atoms with E-state index in [2.05, 4.69) is 27.3 Å². The van der Waals surface area contributed by atoms with Crippen LogP contribution in [0.15, 0.2) is 65.1 Å². The molecule has 0 aromatic heterocycles. The molecule has 1 N–H and O–H groups in total. The SMILES string of the molecule is Cc1ccc(NC(=O)COc2ccc(Br)cc2/C=C(\C#N)c2ccc([N+](=O)[O-])cc2)cc1Cl. The van der Waals surface area contributed by atoms with Crippen molar-refractivity contribution < 1.29 is 14.5 Å². The number of carbonyl (C=O) groups is 1. The van der Waals surface area contributed by atoms with E-state index in [1.54, 1.807) is 42.5 Å². The molecule has 0 aliphatic carbocycles. The molecule has 0 saturated carbocycles. The second-order valence-corrected chi connectivity index (χ2v) is 8.28. The average Bonchev–Trinajstić information content (AvgIpc) is 2.79. The highest BCUT2D eigenvalue weighted by Gasteiger charge is 2.11. The average molecular weight is 527 g/mol. The van der Waals surface area contributed by atoms with Gasteiger partial charge in [-0.25, -0.2) is 0 Å². The summed E-state index contributed by atoms with van der Waals surface area (Å²) in [6, 6.07) is 18.2. The zero-order valence-electron chi connectivity index (χ0n) is 17.3. The number of nitrogens with zero attached hydrogens (tertiary/aromatic N) is 2. The normalized spacial score (nSPS) is 10.9. The molecule has 0 fully saturated rings. The van der Waals surface area contributed by atoms with Crippen LogP contribution >= 0.6 is 27.5 Å². The molecule has 33 heavy (non-hydrogen) atoms. The number of halogens is 2. The highest BCUT2D eigenvalue weighted by atomic mass is 79.9. The molecule has 166 valence electrons. The fourth-order valence-corrected chi connectivity index (χ4v) is 3.43. The van der Waals surface area contributed by atoms with Gasteiger partial charge in [-0.3, -0.25) is 14.9 Å². The first-order valence-electron chi connectivity index (χ1n) is 9.62. The fourth-order valence-electron chi connectivity index (χ4n) is 2.87. The van der Waals surface area contributed by atoms with E-state index in [0.29, 0.717) is 27.6 Å². The summed E-state index contributed by atoms with van der Waals surface area (Å²) < 4.78 is 6.45. The second-order valence-electron chi connectivity index (χ2n) is 6.96. The van der Waals surface area contributed by atoms with Crippen LogP contribution in [0.2, 0.25) is 5.02 Å². The van der Waals surface area contributed by atoms with Gasteiger partial charge in [0.05, 0.1) is 16.6 Å². The molecule has 3 aromatic rings. The number of anilines is 1. The molecule has 7 nitrogen and oxygen atoms in total. The van der Waals surface area contributed by atoms with Crippen molar-refractivity contribution in [2.75, 3.05) is 11.9 Å². The van der Waals surface area contributed by atoms with Gasteiger partial charge in [-0.2, -0.15) is 5.26 Å². The minimum absolute atomic E-state index is 0.0663. The van der Waals surface area contributed by atoms with Crippen LogP contribution in [0.4, 0.5) is 11.4 Å². The molecule has 0 aliphatic heterocycles. The first-order chi connectivity index (χ1) is 15.8. The van der Waals surface area contributed by atoms with Crippen molar-refractivity contribution in [3.63, 3.8) is 0 Å². The van der Waals surface area contributed by atoms with Crippen LogP contribution < -0.4 is 10.1 Å². The lowest BCUT2D eigenvalue weighted by Crippen LogP contribution is -2.20. The molecule has 3 aromatic carbocycles. The predicted molar refractivity (Wildman–Crippen MR) is 131 cm³/mol. The van der Waals surface area contributed by atoms with Crippen LogP contribution in [0, 0.1) is 28.4 Å². The Kier molecular flexibility index (Phi) is 7.83. The summed E-state index contributed by atoms with van der Waals surface area (Å²) in [4.78, 5) is 22.7. The molecule has 0 atom stereocenters. The Morgan fingerprint density at radius 3 is 2.58 bits per heavy atom. The van der Waals surface area contributed by atoms with Crippen LogP contribution in [0.3, 0.4) is 0 Å². The summed E-state index contributed by atoms with van der Waals surface area (Å²) in [5.74, 6) is 0.0218. The zero-order chi connectivity index (χ0) is 24.0. The van der Waals surface area contributed by atoms with E-state index in [9.17, 15) is 20.2 Å². The van der Waals surface area contributed by atoms with Gasteiger partial charge in [0.25, 0.3) is 11.6 Å². The third-order valence-corrected chi connectivity index (χ3v) is 5.50. The molecule has 0 bridgehead atoms. The molecular formula is C24H17BrClN3O4. The molecule has 0 saturated heterocycles. The van der Waals surface area contributed by atoms with Gasteiger partial charge in [0.1, 0.15) is 5.75 Å². The number of amides is 1. The maximum absolute atomic E-state index is 12.3. The number of rotatable bonds is 7. The molecule has 9 heteroatoms. The number of carbonyl (C=O) groups excluding carboxylic acids is 1. The third kappa shape index (κ3) is 6.42. The number of nitro benzene ring substituents is 1. The number of non-ortho nitro benzene ring substituents is 1. The number of nitriles is 1. The van der Waals surface area contributed by atoms with Crippen LogP contribution in [0.25, 0.3) is 11.6 Å². The molecule has 3 rings (SSSR count). The first-order valence-corrected chi connectivity index (χ1v) is 10.8. The monoisotopic (exact) mass is 525 g/mol. The van der Waals surface area contributed by atoms with Crippen molar-refractivity contribution >= 4 is 56.5 Å². The largest absolute Gasteiger partial charge is 0.483 e. The van der Waals surface area contributed by atoms with Gasteiger partial charge < -0.3 is 10.1 Å². The van der Waals surface area contributed by atoms with Gasteiger partial charge in [-0.05, 0) is 66.6 Å². The third-order valence-electron chi connectivity index (χ3n) is 4.60. The zero-order valence-corrected chi connectivity index (χ0v) is 19.7. The minimum Gasteiger partial charge on any atom is -0.483 e. The molecule has 0 radical (unpaired) electrons. The lowest BCUT2D eigenvalue weighted by atomic mass is 10.0. The summed E-state index contributed by atoms with van der Waals surface area (Å²) >= 11 is 9.48. The molecule has 0 spiro atoms. The summed E-state index contributed by atoms with van der Waals surface area (Å²) in [5.41, 5.74) is 2.75. The van der Waals surface area contributed by atoms with Gasteiger partial charge in [-0.1, -0.05) is 33.6 Å². The number of hydrogen-bond acceptors (Lipinski definition) is 5. The second kappa shape index (κ2) is 10.8. The summed E-state index contributed by atoms with van der Waals surface area (Å²) in [6.07, 6.45) is 1.60. The number of ether oxygens (including phenoxy) is 1. The quantitative estimate of drug-likeness (QED) is 0.166. The van der Waals surface area contributed by atoms with E-state index in [4.69, 9.17) is 16.3 Å². The van der Waals surface area contributed by atoms with E-state index < -0.39 is 4.92 Å². The molecule has 0 aliphatic rings. The maximum Gasteiger partial charge on any atom is 0.269 e. The van der Waals surface area contributed by atoms with E-state index >= 15 is 0 Å². The van der Waals surface area contributed by atoms with Gasteiger partial charge in [0, 0.05) is 32.9 Å². The lowest BCUT2D eigenvalue weighted by Gasteiger charge is -2.11. The summed E-state index contributed by atoms with van der Waals surface area (Å²) in [7, 11) is 0. The van der Waals surface area contributed by atoms with Crippen molar-refractivity contribution in [3.05, 3.63) is 97.0 Å². The lowest BCUT2D eigenvalue weighted by molar-refractivity contribution is -0.384. The van der Waals surface area contributed by atoms with E-state index in [0.717, 1.165) is 10.0 Å². The Balaban J connectivity index is 1.79. The Hall–Kier alpha value is -3.67. The molecule has 0 unspecified atom stereocenters. The topological polar surface area (TPSA) is 105 Å². The van der Waals surface area contributed by atoms with Crippen LogP contribution in [-0.2, 0) is 4.79 Å². The van der Waals surface area contributed by atoms with Gasteiger partial charge in [-0.15, -0.1) is 0 Å². The number of benzene rings is 3. The minimum atomic E-state index is -0.505. The number of nitrogens with one attached hydrogen (secondary N) is 1. The van der Waals surface area contributed by atoms with E-state index in [1.165, 1.54) is 24.3 Å². The van der Waals surface area contributed by atoms with Crippen molar-refractivity contribution in [2.24, 2.45) is 0 Å². The first kappa shape index (κ1) is 24.0. The molecule has 1 amide bonds. The van der Waals surface area contributed by atoms with Crippen molar-refractivity contribution in [1.82, 2.24) is 0 Å². The van der Waals surface area contributed by atoms with Gasteiger partial charge in [0.15, 0.2) is 6.61 Å².